The molecule has 1 saturated carbocycles. The highest BCUT2D eigenvalue weighted by Crippen LogP contribution is 2.41. The van der Waals surface area contributed by atoms with Gasteiger partial charge in [0, 0.05) is 10.2 Å². The number of halogens is 1. The van der Waals surface area contributed by atoms with Crippen LogP contribution in [0.15, 0.2) is 28.7 Å². The highest BCUT2D eigenvalue weighted by atomic mass is 79.9. The van der Waals surface area contributed by atoms with Gasteiger partial charge in [-0.25, -0.2) is 4.79 Å². The molecule has 2 unspecified atom stereocenters. The van der Waals surface area contributed by atoms with E-state index in [0.717, 1.165) is 29.4 Å². The van der Waals surface area contributed by atoms with E-state index >= 15 is 0 Å². The van der Waals surface area contributed by atoms with Gasteiger partial charge in [-0.1, -0.05) is 48.7 Å². The Morgan fingerprint density at radius 1 is 1.45 bits per heavy atom. The van der Waals surface area contributed by atoms with Crippen LogP contribution >= 0.6 is 15.9 Å². The van der Waals surface area contributed by atoms with Gasteiger partial charge in [0.05, 0.1) is 0 Å². The summed E-state index contributed by atoms with van der Waals surface area (Å²) in [7, 11) is 0. The molecule has 1 aromatic carbocycles. The summed E-state index contributed by atoms with van der Waals surface area (Å²) in [5, 5.41) is 13.2. The van der Waals surface area contributed by atoms with Crippen LogP contribution in [0.1, 0.15) is 39.5 Å². The van der Waals surface area contributed by atoms with Gasteiger partial charge in [0.15, 0.2) is 0 Å². The van der Waals surface area contributed by atoms with Crippen molar-refractivity contribution in [3.05, 3.63) is 28.7 Å². The lowest BCUT2D eigenvalue weighted by molar-refractivity contribution is -0.146. The maximum Gasteiger partial charge on any atom is 0.329 e. The van der Waals surface area contributed by atoms with Gasteiger partial charge in [-0.2, -0.15) is 0 Å². The number of hydrogen-bond donors (Lipinski definition) is 2. The van der Waals surface area contributed by atoms with Gasteiger partial charge in [0.1, 0.15) is 5.54 Å². The maximum atomic E-state index is 12.0. The molecule has 0 spiro atoms. The fourth-order valence-electron chi connectivity index (χ4n) is 3.40. The molecule has 0 bridgehead atoms. The van der Waals surface area contributed by atoms with Crippen LogP contribution in [0.5, 0.6) is 0 Å². The fourth-order valence-corrected chi connectivity index (χ4v) is 3.80. The third kappa shape index (κ3) is 3.00. The minimum absolute atomic E-state index is 0.160. The molecule has 2 atom stereocenters. The van der Waals surface area contributed by atoms with Crippen LogP contribution < -0.4 is 5.32 Å². The normalized spacial score (nSPS) is 26.5. The smallest absolute Gasteiger partial charge is 0.329 e. The van der Waals surface area contributed by atoms with E-state index in [2.05, 4.69) is 35.1 Å². The Morgan fingerprint density at radius 2 is 2.20 bits per heavy atom. The molecule has 0 aromatic heterocycles. The quantitative estimate of drug-likeness (QED) is 0.847. The summed E-state index contributed by atoms with van der Waals surface area (Å²) in [5.74, 6) is -0.213. The summed E-state index contributed by atoms with van der Waals surface area (Å²) in [6, 6.07) is 7.74. The zero-order chi connectivity index (χ0) is 14.8. The van der Waals surface area contributed by atoms with E-state index in [1.807, 2.05) is 24.3 Å². The monoisotopic (exact) mass is 339 g/mol. The second-order valence-electron chi connectivity index (χ2n) is 6.01. The number of carboxylic acids is 1. The Labute approximate surface area is 128 Å². The lowest BCUT2D eigenvalue weighted by atomic mass is 9.67. The first-order valence-corrected chi connectivity index (χ1v) is 8.02. The summed E-state index contributed by atoms with van der Waals surface area (Å²) in [6.45, 7) is 4.24. The Kier molecular flexibility index (Phi) is 4.74. The number of carboxylic acid groups (broad SMARTS) is 1. The second kappa shape index (κ2) is 6.17. The number of rotatable bonds is 4. The minimum atomic E-state index is -0.840. The van der Waals surface area contributed by atoms with Gasteiger partial charge in [-0.05, 0) is 42.9 Å². The molecule has 0 radical (unpaired) electrons. The highest BCUT2D eigenvalue weighted by Gasteiger charge is 2.48. The van der Waals surface area contributed by atoms with Crippen molar-refractivity contribution in [1.82, 2.24) is 0 Å². The molecule has 1 aliphatic carbocycles. The van der Waals surface area contributed by atoms with Crippen LogP contribution in [-0.2, 0) is 4.79 Å². The van der Waals surface area contributed by atoms with E-state index in [0.29, 0.717) is 12.3 Å². The Morgan fingerprint density at radius 3 is 2.80 bits per heavy atom. The number of anilines is 1. The molecule has 1 fully saturated rings. The maximum absolute atomic E-state index is 12.0. The molecule has 0 heterocycles. The summed E-state index contributed by atoms with van der Waals surface area (Å²) in [4.78, 5) is 12.0. The average Bonchev–Trinajstić information content (AvgIpc) is 2.38. The fraction of sp³-hybridized carbons (Fsp3) is 0.562. The predicted octanol–water partition coefficient (Wildman–Crippen LogP) is 4.53. The summed E-state index contributed by atoms with van der Waals surface area (Å²) < 4.78 is 0.958. The van der Waals surface area contributed by atoms with Crippen molar-refractivity contribution in [3.63, 3.8) is 0 Å². The standard InChI is InChI=1S/C16H22BrNO2/c1-11(2)14-8-3-4-9-16(14,15(19)20)18-13-7-5-6-12(17)10-13/h5-7,10-11,14,18H,3-4,8-9H2,1-2H3,(H,19,20). The lowest BCUT2D eigenvalue weighted by Crippen LogP contribution is -2.55. The van der Waals surface area contributed by atoms with Gasteiger partial charge in [0.2, 0.25) is 0 Å². The number of aliphatic carboxylic acids is 1. The minimum Gasteiger partial charge on any atom is -0.479 e. The number of benzene rings is 1. The molecular weight excluding hydrogens is 318 g/mol. The molecule has 2 rings (SSSR count). The topological polar surface area (TPSA) is 49.3 Å². The lowest BCUT2D eigenvalue weighted by Gasteiger charge is -2.44. The Bertz CT molecular complexity index is 489. The first kappa shape index (κ1) is 15.4. The van der Waals surface area contributed by atoms with E-state index in [1.165, 1.54) is 0 Å². The van der Waals surface area contributed by atoms with E-state index in [1.54, 1.807) is 0 Å². The first-order chi connectivity index (χ1) is 9.45. The summed E-state index contributed by atoms with van der Waals surface area (Å²) in [6.07, 6.45) is 3.76. The largest absolute Gasteiger partial charge is 0.479 e. The van der Waals surface area contributed by atoms with Crippen LogP contribution in [0.3, 0.4) is 0 Å². The molecule has 110 valence electrons. The van der Waals surface area contributed by atoms with Gasteiger partial charge in [-0.3, -0.25) is 0 Å². The predicted molar refractivity (Wildman–Crippen MR) is 84.9 cm³/mol. The molecular formula is C16H22BrNO2. The zero-order valence-electron chi connectivity index (χ0n) is 12.0. The van der Waals surface area contributed by atoms with Crippen molar-refractivity contribution in [2.75, 3.05) is 5.32 Å². The van der Waals surface area contributed by atoms with Crippen LogP contribution in [-0.4, -0.2) is 16.6 Å². The van der Waals surface area contributed by atoms with Gasteiger partial charge in [-0.15, -0.1) is 0 Å². The molecule has 20 heavy (non-hydrogen) atoms. The van der Waals surface area contributed by atoms with Crippen LogP contribution in [0, 0.1) is 11.8 Å². The number of nitrogens with one attached hydrogen (secondary N) is 1. The van der Waals surface area contributed by atoms with E-state index in [4.69, 9.17) is 0 Å². The van der Waals surface area contributed by atoms with Gasteiger partial charge in [0.25, 0.3) is 0 Å². The van der Waals surface area contributed by atoms with Crippen LogP contribution in [0.2, 0.25) is 0 Å². The molecule has 1 aliphatic rings. The third-order valence-corrected chi connectivity index (χ3v) is 4.84. The molecule has 0 aliphatic heterocycles. The van der Waals surface area contributed by atoms with Crippen molar-refractivity contribution >= 4 is 27.6 Å². The highest BCUT2D eigenvalue weighted by molar-refractivity contribution is 9.10. The number of hydrogen-bond acceptors (Lipinski definition) is 2. The molecule has 0 saturated heterocycles. The Hall–Kier alpha value is -1.03. The first-order valence-electron chi connectivity index (χ1n) is 7.23. The molecule has 0 amide bonds. The average molecular weight is 340 g/mol. The van der Waals surface area contributed by atoms with E-state index in [-0.39, 0.29) is 5.92 Å². The van der Waals surface area contributed by atoms with Crippen molar-refractivity contribution in [1.29, 1.82) is 0 Å². The number of carbonyl (C=O) groups is 1. The zero-order valence-corrected chi connectivity index (χ0v) is 13.6. The third-order valence-electron chi connectivity index (χ3n) is 4.35. The van der Waals surface area contributed by atoms with Crippen molar-refractivity contribution in [2.24, 2.45) is 11.8 Å². The Balaban J connectivity index is 2.35. The summed E-state index contributed by atoms with van der Waals surface area (Å²) >= 11 is 3.44. The van der Waals surface area contributed by atoms with E-state index in [9.17, 15) is 9.90 Å². The molecule has 2 N–H and O–H groups in total. The molecule has 4 heteroatoms. The van der Waals surface area contributed by atoms with Crippen molar-refractivity contribution in [2.45, 2.75) is 45.1 Å². The van der Waals surface area contributed by atoms with Gasteiger partial charge < -0.3 is 10.4 Å². The van der Waals surface area contributed by atoms with Crippen LogP contribution in [0.25, 0.3) is 0 Å². The SMILES string of the molecule is CC(C)C1CCCCC1(Nc1cccc(Br)c1)C(=O)O. The van der Waals surface area contributed by atoms with Crippen molar-refractivity contribution in [3.8, 4) is 0 Å². The molecule has 3 nitrogen and oxygen atoms in total. The summed E-state index contributed by atoms with van der Waals surface area (Å²) in [5.41, 5.74) is 0.0297. The van der Waals surface area contributed by atoms with Crippen LogP contribution in [0.4, 0.5) is 5.69 Å². The molecule has 1 aromatic rings. The van der Waals surface area contributed by atoms with E-state index < -0.39 is 11.5 Å². The second-order valence-corrected chi connectivity index (χ2v) is 6.92. The van der Waals surface area contributed by atoms with Gasteiger partial charge >= 0.3 is 5.97 Å². The van der Waals surface area contributed by atoms with Crippen molar-refractivity contribution < 1.29 is 9.90 Å².